The summed E-state index contributed by atoms with van der Waals surface area (Å²) in [5.41, 5.74) is 2.15. The third-order valence-electron chi connectivity index (χ3n) is 3.45. The van der Waals surface area contributed by atoms with Crippen LogP contribution in [0.1, 0.15) is 57.6 Å². The van der Waals surface area contributed by atoms with Crippen LogP contribution in [0.25, 0.3) is 0 Å². The second-order valence-electron chi connectivity index (χ2n) is 6.17. The van der Waals surface area contributed by atoms with Crippen molar-refractivity contribution in [3.05, 3.63) is 34.3 Å². The van der Waals surface area contributed by atoms with Crippen LogP contribution in [0.3, 0.4) is 0 Å². The van der Waals surface area contributed by atoms with E-state index in [0.717, 1.165) is 29.0 Å². The van der Waals surface area contributed by atoms with Crippen molar-refractivity contribution >= 4 is 29.1 Å². The Bertz CT molecular complexity index is 480. The van der Waals surface area contributed by atoms with Crippen molar-refractivity contribution in [3.63, 3.8) is 0 Å². The first-order valence-electron chi connectivity index (χ1n) is 7.38. The quantitative estimate of drug-likeness (QED) is 0.402. The zero-order valence-electron chi connectivity index (χ0n) is 13.3. The lowest BCUT2D eigenvalue weighted by molar-refractivity contribution is 0.305. The molecule has 0 bridgehead atoms. The van der Waals surface area contributed by atoms with E-state index >= 15 is 0 Å². The van der Waals surface area contributed by atoms with E-state index in [4.69, 9.17) is 33.3 Å². The highest BCUT2D eigenvalue weighted by Gasteiger charge is 2.22. The van der Waals surface area contributed by atoms with E-state index in [0.29, 0.717) is 18.4 Å². The Labute approximate surface area is 138 Å². The number of halogens is 2. The van der Waals surface area contributed by atoms with Gasteiger partial charge in [0, 0.05) is 10.9 Å². The molecule has 0 fully saturated rings. The number of ether oxygens (including phenoxy) is 1. The molecule has 0 aliphatic heterocycles. The number of hydrogen-bond donors (Lipinski definition) is 1. The van der Waals surface area contributed by atoms with E-state index in [2.05, 4.69) is 32.9 Å². The molecule has 0 amide bonds. The smallest absolute Gasteiger partial charge is 0.188 e. The summed E-state index contributed by atoms with van der Waals surface area (Å²) in [6, 6.07) is 6.08. The maximum absolute atomic E-state index is 8.10. The lowest BCUT2D eigenvalue weighted by Crippen LogP contribution is -2.17. The molecule has 0 heterocycles. The second-order valence-corrected chi connectivity index (χ2v) is 6.96. The highest BCUT2D eigenvalue weighted by Crippen LogP contribution is 2.33. The summed E-state index contributed by atoms with van der Waals surface area (Å²) in [5, 5.41) is 8.85. The van der Waals surface area contributed by atoms with Crippen LogP contribution in [0.15, 0.2) is 18.2 Å². The van der Waals surface area contributed by atoms with Crippen molar-refractivity contribution in [3.8, 4) is 0 Å². The first-order chi connectivity index (χ1) is 9.81. The molecule has 0 spiro atoms. The maximum atomic E-state index is 8.10. The van der Waals surface area contributed by atoms with Crippen LogP contribution in [0.4, 0.5) is 0 Å². The molecule has 21 heavy (non-hydrogen) atoms. The summed E-state index contributed by atoms with van der Waals surface area (Å²) < 4.78 is 5.39. The van der Waals surface area contributed by atoms with Crippen molar-refractivity contribution < 1.29 is 4.74 Å². The highest BCUT2D eigenvalue weighted by molar-refractivity contribution is 6.31. The largest absolute Gasteiger partial charge is 0.481 e. The molecule has 0 aliphatic carbocycles. The summed E-state index contributed by atoms with van der Waals surface area (Å²) in [6.07, 6.45) is 1.65. The lowest BCUT2D eigenvalue weighted by Gasteiger charge is -2.23. The SMILES string of the molecule is CCOC(=N)C(CCCCl)c1ccc(C(C)(C)C)c(Cl)c1. The van der Waals surface area contributed by atoms with Gasteiger partial charge in [0.25, 0.3) is 0 Å². The predicted molar refractivity (Wildman–Crippen MR) is 92.2 cm³/mol. The topological polar surface area (TPSA) is 33.1 Å². The van der Waals surface area contributed by atoms with Gasteiger partial charge in [-0.3, -0.25) is 5.41 Å². The van der Waals surface area contributed by atoms with E-state index in [1.165, 1.54) is 0 Å². The summed E-state index contributed by atoms with van der Waals surface area (Å²) >= 11 is 12.2. The molecule has 0 aromatic heterocycles. The Morgan fingerprint density at radius 1 is 1.33 bits per heavy atom. The van der Waals surface area contributed by atoms with Gasteiger partial charge in [0.2, 0.25) is 0 Å². The van der Waals surface area contributed by atoms with Crippen LogP contribution in [0, 0.1) is 5.41 Å². The number of hydrogen-bond acceptors (Lipinski definition) is 2. The number of nitrogens with one attached hydrogen (secondary N) is 1. The van der Waals surface area contributed by atoms with Crippen molar-refractivity contribution in [2.24, 2.45) is 0 Å². The summed E-state index contributed by atoms with van der Waals surface area (Å²) in [6.45, 7) is 8.82. The molecule has 1 aromatic rings. The van der Waals surface area contributed by atoms with Gasteiger partial charge in [-0.05, 0) is 42.4 Å². The van der Waals surface area contributed by atoms with Crippen molar-refractivity contribution in [2.45, 2.75) is 51.9 Å². The number of benzene rings is 1. The van der Waals surface area contributed by atoms with Crippen LogP contribution >= 0.6 is 23.2 Å². The molecule has 0 saturated carbocycles. The van der Waals surface area contributed by atoms with Gasteiger partial charge >= 0.3 is 0 Å². The van der Waals surface area contributed by atoms with E-state index in [-0.39, 0.29) is 11.3 Å². The van der Waals surface area contributed by atoms with Crippen molar-refractivity contribution in [1.29, 1.82) is 5.41 Å². The third kappa shape index (κ3) is 5.19. The van der Waals surface area contributed by atoms with Gasteiger partial charge in [-0.15, -0.1) is 11.6 Å². The zero-order chi connectivity index (χ0) is 16.0. The number of rotatable bonds is 6. The van der Waals surface area contributed by atoms with Gasteiger partial charge < -0.3 is 4.74 Å². The van der Waals surface area contributed by atoms with Crippen LogP contribution in [-0.4, -0.2) is 18.4 Å². The van der Waals surface area contributed by atoms with E-state index in [1.54, 1.807) is 0 Å². The minimum absolute atomic E-state index is 0.00861. The molecule has 0 aliphatic rings. The average Bonchev–Trinajstić information content (AvgIpc) is 2.38. The Morgan fingerprint density at radius 2 is 2.00 bits per heavy atom. The lowest BCUT2D eigenvalue weighted by atomic mass is 9.84. The molecule has 118 valence electrons. The second kappa shape index (κ2) is 8.05. The van der Waals surface area contributed by atoms with E-state index < -0.39 is 0 Å². The Hall–Kier alpha value is -0.730. The van der Waals surface area contributed by atoms with Gasteiger partial charge in [0.15, 0.2) is 5.90 Å². The zero-order valence-corrected chi connectivity index (χ0v) is 14.8. The van der Waals surface area contributed by atoms with Crippen LogP contribution in [-0.2, 0) is 10.2 Å². The average molecular weight is 330 g/mol. The normalized spacial score (nSPS) is 13.0. The van der Waals surface area contributed by atoms with Crippen LogP contribution in [0.2, 0.25) is 5.02 Å². The van der Waals surface area contributed by atoms with Gasteiger partial charge in [0.1, 0.15) is 0 Å². The first-order valence-corrected chi connectivity index (χ1v) is 8.29. The highest BCUT2D eigenvalue weighted by atomic mass is 35.5. The Balaban J connectivity index is 3.08. The molecule has 2 nitrogen and oxygen atoms in total. The minimum Gasteiger partial charge on any atom is -0.481 e. The molecule has 0 radical (unpaired) electrons. The summed E-state index contributed by atoms with van der Waals surface area (Å²) in [4.78, 5) is 0. The molecule has 1 N–H and O–H groups in total. The predicted octanol–water partition coefficient (Wildman–Crippen LogP) is 5.75. The molecule has 1 unspecified atom stereocenters. The fraction of sp³-hybridized carbons (Fsp3) is 0.588. The monoisotopic (exact) mass is 329 g/mol. The molecule has 0 saturated heterocycles. The number of alkyl halides is 1. The standard InChI is InChI=1S/C17H25Cl2NO/c1-5-21-16(20)13(7-6-10-18)12-8-9-14(15(19)11-12)17(2,3)4/h8-9,11,13,20H,5-7,10H2,1-4H3. The van der Waals surface area contributed by atoms with Gasteiger partial charge in [-0.1, -0.05) is 44.5 Å². The fourth-order valence-electron chi connectivity index (χ4n) is 2.34. The minimum atomic E-state index is -0.0739. The molecule has 1 aromatic carbocycles. The molecule has 4 heteroatoms. The fourth-order valence-corrected chi connectivity index (χ4v) is 2.97. The van der Waals surface area contributed by atoms with Gasteiger partial charge in [-0.25, -0.2) is 0 Å². The van der Waals surface area contributed by atoms with Gasteiger partial charge in [-0.2, -0.15) is 0 Å². The Kier molecular flexibility index (Phi) is 7.02. The summed E-state index contributed by atoms with van der Waals surface area (Å²) in [7, 11) is 0. The molecule has 1 atom stereocenters. The van der Waals surface area contributed by atoms with Crippen molar-refractivity contribution in [2.75, 3.05) is 12.5 Å². The summed E-state index contributed by atoms with van der Waals surface area (Å²) in [5.74, 6) is 0.807. The van der Waals surface area contributed by atoms with E-state index in [9.17, 15) is 0 Å². The first kappa shape index (κ1) is 18.3. The Morgan fingerprint density at radius 3 is 2.48 bits per heavy atom. The third-order valence-corrected chi connectivity index (χ3v) is 4.03. The van der Waals surface area contributed by atoms with Crippen LogP contribution < -0.4 is 0 Å². The van der Waals surface area contributed by atoms with Gasteiger partial charge in [0.05, 0.1) is 12.5 Å². The van der Waals surface area contributed by atoms with Crippen molar-refractivity contribution in [1.82, 2.24) is 0 Å². The molecule has 1 rings (SSSR count). The molecular formula is C17H25Cl2NO. The molecular weight excluding hydrogens is 305 g/mol. The van der Waals surface area contributed by atoms with E-state index in [1.807, 2.05) is 13.0 Å². The van der Waals surface area contributed by atoms with Crippen LogP contribution in [0.5, 0.6) is 0 Å². The maximum Gasteiger partial charge on any atom is 0.188 e.